The van der Waals surface area contributed by atoms with Gasteiger partial charge in [-0.2, -0.15) is 4.68 Å². The predicted molar refractivity (Wildman–Crippen MR) is 77.5 cm³/mol. The number of nitrogens with one attached hydrogen (secondary N) is 1. The molecule has 21 heavy (non-hydrogen) atoms. The van der Waals surface area contributed by atoms with Gasteiger partial charge in [-0.05, 0) is 34.0 Å². The van der Waals surface area contributed by atoms with E-state index < -0.39 is 10.0 Å². The average molecular weight is 321 g/mol. The summed E-state index contributed by atoms with van der Waals surface area (Å²) in [5.74, 6) is 0.418. The third kappa shape index (κ3) is 2.99. The number of sulfonamides is 1. The summed E-state index contributed by atoms with van der Waals surface area (Å²) >= 11 is 1.16. The monoisotopic (exact) mass is 321 g/mol. The highest BCUT2D eigenvalue weighted by molar-refractivity contribution is 7.91. The van der Waals surface area contributed by atoms with Gasteiger partial charge in [0, 0.05) is 0 Å². The molecule has 9 heteroatoms. The molecule has 0 spiro atoms. The first kappa shape index (κ1) is 13.9. The summed E-state index contributed by atoms with van der Waals surface area (Å²) < 4.78 is 28.4. The molecule has 0 fully saturated rings. The molecule has 3 aromatic rings. The Morgan fingerprint density at radius 2 is 1.95 bits per heavy atom. The Balaban J connectivity index is 1.80. The van der Waals surface area contributed by atoms with Gasteiger partial charge in [-0.3, -0.25) is 0 Å². The molecular formula is C12H11N5O2S2. The largest absolute Gasteiger partial charge is 0.250 e. The zero-order valence-corrected chi connectivity index (χ0v) is 12.4. The van der Waals surface area contributed by atoms with E-state index in [1.54, 1.807) is 17.5 Å². The number of thiophene rings is 1. The van der Waals surface area contributed by atoms with Gasteiger partial charge in [0.05, 0.1) is 12.2 Å². The van der Waals surface area contributed by atoms with E-state index in [4.69, 9.17) is 0 Å². The Morgan fingerprint density at radius 3 is 2.67 bits per heavy atom. The van der Waals surface area contributed by atoms with Crippen molar-refractivity contribution in [1.29, 1.82) is 0 Å². The highest BCUT2D eigenvalue weighted by Crippen LogP contribution is 2.15. The summed E-state index contributed by atoms with van der Waals surface area (Å²) in [5.41, 5.74) is 0.771. The van der Waals surface area contributed by atoms with Crippen molar-refractivity contribution < 1.29 is 8.42 Å². The normalized spacial score (nSPS) is 11.6. The Hall–Kier alpha value is -2.10. The minimum atomic E-state index is -3.53. The van der Waals surface area contributed by atoms with Gasteiger partial charge < -0.3 is 0 Å². The van der Waals surface area contributed by atoms with Crippen molar-refractivity contribution in [3.05, 3.63) is 53.7 Å². The first-order valence-corrected chi connectivity index (χ1v) is 8.39. The summed E-state index contributed by atoms with van der Waals surface area (Å²) in [6, 6.07) is 12.5. The van der Waals surface area contributed by atoms with E-state index in [1.807, 2.05) is 30.3 Å². The molecule has 3 rings (SSSR count). The quantitative estimate of drug-likeness (QED) is 0.762. The van der Waals surface area contributed by atoms with Crippen LogP contribution < -0.4 is 4.72 Å². The van der Waals surface area contributed by atoms with E-state index in [0.717, 1.165) is 17.0 Å². The smallest absolute Gasteiger partial charge is 0.206 e. The highest BCUT2D eigenvalue weighted by atomic mass is 32.2. The Bertz CT molecular complexity index is 812. The SMILES string of the molecule is O=S(=O)(NCc1nnnn1-c1ccccc1)c1cccs1. The second-order valence-electron chi connectivity index (χ2n) is 4.10. The molecule has 0 unspecified atom stereocenters. The van der Waals surface area contributed by atoms with Crippen molar-refractivity contribution in [3.63, 3.8) is 0 Å². The van der Waals surface area contributed by atoms with E-state index in [1.165, 1.54) is 4.68 Å². The molecule has 1 N–H and O–H groups in total. The molecule has 7 nitrogen and oxygen atoms in total. The number of rotatable bonds is 5. The van der Waals surface area contributed by atoms with Crippen LogP contribution >= 0.6 is 11.3 Å². The molecule has 1 aromatic carbocycles. The number of benzene rings is 1. The van der Waals surface area contributed by atoms with Crippen LogP contribution in [0, 0.1) is 0 Å². The summed E-state index contributed by atoms with van der Waals surface area (Å²) in [6.07, 6.45) is 0. The molecule has 2 heterocycles. The van der Waals surface area contributed by atoms with Crippen molar-refractivity contribution >= 4 is 21.4 Å². The van der Waals surface area contributed by atoms with Gasteiger partial charge in [-0.15, -0.1) is 16.4 Å². The summed E-state index contributed by atoms with van der Waals surface area (Å²) in [4.78, 5) is 0. The summed E-state index contributed by atoms with van der Waals surface area (Å²) in [5, 5.41) is 13.0. The fourth-order valence-corrected chi connectivity index (χ4v) is 3.75. The zero-order valence-electron chi connectivity index (χ0n) is 10.7. The molecule has 0 saturated carbocycles. The van der Waals surface area contributed by atoms with Crippen molar-refractivity contribution in [2.24, 2.45) is 0 Å². The lowest BCUT2D eigenvalue weighted by molar-refractivity contribution is 0.580. The van der Waals surface area contributed by atoms with Gasteiger partial charge in [-0.1, -0.05) is 24.3 Å². The third-order valence-electron chi connectivity index (χ3n) is 2.72. The maximum atomic E-state index is 12.1. The van der Waals surface area contributed by atoms with Gasteiger partial charge in [0.2, 0.25) is 10.0 Å². The lowest BCUT2D eigenvalue weighted by Crippen LogP contribution is -2.24. The van der Waals surface area contributed by atoms with Crippen molar-refractivity contribution in [2.45, 2.75) is 10.8 Å². The third-order valence-corrected chi connectivity index (χ3v) is 5.51. The Morgan fingerprint density at radius 1 is 1.14 bits per heavy atom. The molecule has 0 amide bonds. The van der Waals surface area contributed by atoms with Gasteiger partial charge in [0.25, 0.3) is 0 Å². The molecule has 2 aromatic heterocycles. The first-order valence-electron chi connectivity index (χ1n) is 6.03. The zero-order chi connectivity index (χ0) is 14.7. The number of tetrazole rings is 1. The van der Waals surface area contributed by atoms with Crippen LogP contribution in [0.2, 0.25) is 0 Å². The van der Waals surface area contributed by atoms with E-state index >= 15 is 0 Å². The summed E-state index contributed by atoms with van der Waals surface area (Å²) in [6.45, 7) is 0.0160. The number of hydrogen-bond acceptors (Lipinski definition) is 6. The molecule has 0 saturated heterocycles. The van der Waals surface area contributed by atoms with Gasteiger partial charge in [0.1, 0.15) is 4.21 Å². The van der Waals surface area contributed by atoms with E-state index in [9.17, 15) is 8.42 Å². The van der Waals surface area contributed by atoms with Crippen LogP contribution in [0.5, 0.6) is 0 Å². The molecule has 0 bridgehead atoms. The number of para-hydroxylation sites is 1. The van der Waals surface area contributed by atoms with Crippen LogP contribution in [0.15, 0.2) is 52.1 Å². The molecule has 0 aliphatic heterocycles. The average Bonchev–Trinajstić information content (AvgIpc) is 3.18. The van der Waals surface area contributed by atoms with Crippen molar-refractivity contribution in [3.8, 4) is 5.69 Å². The van der Waals surface area contributed by atoms with E-state index in [0.29, 0.717) is 5.82 Å². The van der Waals surface area contributed by atoms with Crippen LogP contribution in [-0.2, 0) is 16.6 Å². The highest BCUT2D eigenvalue weighted by Gasteiger charge is 2.17. The lowest BCUT2D eigenvalue weighted by Gasteiger charge is -2.05. The first-order chi connectivity index (χ1) is 10.2. The fourth-order valence-electron chi connectivity index (χ4n) is 1.73. The van der Waals surface area contributed by atoms with Gasteiger partial charge in [-0.25, -0.2) is 13.1 Å². The van der Waals surface area contributed by atoms with Gasteiger partial charge in [0.15, 0.2) is 5.82 Å². The van der Waals surface area contributed by atoms with E-state index in [-0.39, 0.29) is 10.8 Å². The summed E-state index contributed by atoms with van der Waals surface area (Å²) in [7, 11) is -3.53. The molecular weight excluding hydrogens is 310 g/mol. The molecule has 0 aliphatic carbocycles. The van der Waals surface area contributed by atoms with Crippen LogP contribution in [0.1, 0.15) is 5.82 Å². The topological polar surface area (TPSA) is 89.8 Å². The minimum absolute atomic E-state index is 0.0160. The second-order valence-corrected chi connectivity index (χ2v) is 7.04. The van der Waals surface area contributed by atoms with Crippen molar-refractivity contribution in [2.75, 3.05) is 0 Å². The molecule has 0 radical (unpaired) electrons. The molecule has 108 valence electrons. The predicted octanol–water partition coefficient (Wildman–Crippen LogP) is 1.20. The Labute approximate surface area is 125 Å². The standard InChI is InChI=1S/C12H11N5O2S2/c18-21(19,12-7-4-8-20-12)13-9-11-14-15-16-17(11)10-5-2-1-3-6-10/h1-8,13H,9H2. The number of aromatic nitrogens is 4. The number of hydrogen-bond donors (Lipinski definition) is 1. The van der Waals surface area contributed by atoms with Crippen LogP contribution in [0.3, 0.4) is 0 Å². The van der Waals surface area contributed by atoms with Crippen LogP contribution in [0.4, 0.5) is 0 Å². The molecule has 0 atom stereocenters. The van der Waals surface area contributed by atoms with Gasteiger partial charge >= 0.3 is 0 Å². The van der Waals surface area contributed by atoms with Crippen LogP contribution in [-0.4, -0.2) is 28.6 Å². The number of nitrogens with zero attached hydrogens (tertiary/aromatic N) is 4. The van der Waals surface area contributed by atoms with Crippen LogP contribution in [0.25, 0.3) is 5.69 Å². The fraction of sp³-hybridized carbons (Fsp3) is 0.0833. The van der Waals surface area contributed by atoms with E-state index in [2.05, 4.69) is 20.2 Å². The maximum absolute atomic E-state index is 12.1. The second kappa shape index (κ2) is 5.72. The lowest BCUT2D eigenvalue weighted by atomic mass is 10.3. The van der Waals surface area contributed by atoms with Crippen molar-refractivity contribution in [1.82, 2.24) is 24.9 Å². The Kier molecular flexibility index (Phi) is 3.78. The molecule has 0 aliphatic rings. The maximum Gasteiger partial charge on any atom is 0.250 e. The minimum Gasteiger partial charge on any atom is -0.206 e.